The Labute approximate surface area is 126 Å². The van der Waals surface area contributed by atoms with Crippen LogP contribution in [0.2, 0.25) is 0 Å². The van der Waals surface area contributed by atoms with Crippen molar-refractivity contribution >= 4 is 5.91 Å². The first-order valence-corrected chi connectivity index (χ1v) is 7.60. The first-order valence-electron chi connectivity index (χ1n) is 7.60. The average molecular weight is 291 g/mol. The van der Waals surface area contributed by atoms with Crippen molar-refractivity contribution in [1.82, 2.24) is 9.80 Å². The summed E-state index contributed by atoms with van der Waals surface area (Å²) in [6.07, 6.45) is 0. The van der Waals surface area contributed by atoms with Crippen LogP contribution < -0.4 is 5.73 Å². The minimum Gasteiger partial charge on any atom is -0.380 e. The van der Waals surface area contributed by atoms with E-state index in [1.807, 2.05) is 19.1 Å². The van der Waals surface area contributed by atoms with Crippen LogP contribution in [0.25, 0.3) is 0 Å². The number of amides is 1. The Morgan fingerprint density at radius 1 is 1.14 bits per heavy atom. The number of nitrogens with zero attached hydrogens (tertiary/aromatic N) is 2. The van der Waals surface area contributed by atoms with Gasteiger partial charge in [-0.25, -0.2) is 0 Å². The van der Waals surface area contributed by atoms with Gasteiger partial charge in [0.2, 0.25) is 5.91 Å². The zero-order valence-corrected chi connectivity index (χ0v) is 12.8. The lowest BCUT2D eigenvalue weighted by Crippen LogP contribution is -2.46. The highest BCUT2D eigenvalue weighted by Gasteiger charge is 2.16. The van der Waals surface area contributed by atoms with Crippen LogP contribution in [-0.4, -0.2) is 61.6 Å². The number of hydrogen-bond acceptors (Lipinski definition) is 4. The van der Waals surface area contributed by atoms with Crippen molar-refractivity contribution < 1.29 is 9.53 Å². The molecule has 1 fully saturated rings. The quantitative estimate of drug-likeness (QED) is 0.760. The molecule has 1 aliphatic heterocycles. The summed E-state index contributed by atoms with van der Waals surface area (Å²) in [5.74, 6) is -0.371. The molecule has 116 valence electrons. The van der Waals surface area contributed by atoms with Crippen LogP contribution in [0.15, 0.2) is 24.3 Å². The van der Waals surface area contributed by atoms with E-state index in [4.69, 9.17) is 10.5 Å². The van der Waals surface area contributed by atoms with Gasteiger partial charge in [-0.15, -0.1) is 0 Å². The predicted octanol–water partition coefficient (Wildman–Crippen LogP) is 0.940. The molecule has 5 heteroatoms. The van der Waals surface area contributed by atoms with E-state index in [1.54, 1.807) is 12.1 Å². The maximum absolute atomic E-state index is 11.0. The second-order valence-corrected chi connectivity index (χ2v) is 5.38. The third kappa shape index (κ3) is 5.12. The highest BCUT2D eigenvalue weighted by atomic mass is 16.5. The summed E-state index contributed by atoms with van der Waals surface area (Å²) in [7, 11) is 0. The van der Waals surface area contributed by atoms with Crippen molar-refractivity contribution in [1.29, 1.82) is 0 Å². The summed E-state index contributed by atoms with van der Waals surface area (Å²) in [6.45, 7) is 9.92. The van der Waals surface area contributed by atoms with Gasteiger partial charge in [-0.2, -0.15) is 0 Å². The van der Waals surface area contributed by atoms with E-state index in [9.17, 15) is 4.79 Å². The van der Waals surface area contributed by atoms with Crippen molar-refractivity contribution in [2.45, 2.75) is 13.5 Å². The van der Waals surface area contributed by atoms with Crippen molar-refractivity contribution in [3.8, 4) is 0 Å². The van der Waals surface area contributed by atoms with Gasteiger partial charge in [0.15, 0.2) is 0 Å². The molecule has 5 nitrogen and oxygen atoms in total. The van der Waals surface area contributed by atoms with Crippen LogP contribution in [0.5, 0.6) is 0 Å². The molecule has 0 saturated carbocycles. The molecule has 1 aromatic carbocycles. The molecule has 1 saturated heterocycles. The van der Waals surface area contributed by atoms with Gasteiger partial charge in [-0.1, -0.05) is 12.1 Å². The zero-order valence-electron chi connectivity index (χ0n) is 12.8. The first kappa shape index (κ1) is 15.9. The third-order valence-corrected chi connectivity index (χ3v) is 3.87. The molecular formula is C16H25N3O2. The number of carbonyl (C=O) groups excluding carboxylic acids is 1. The second kappa shape index (κ2) is 8.12. The molecular weight excluding hydrogens is 266 g/mol. The Bertz CT molecular complexity index is 439. The fourth-order valence-corrected chi connectivity index (χ4v) is 2.54. The van der Waals surface area contributed by atoms with Gasteiger partial charge < -0.3 is 10.5 Å². The normalized spacial score (nSPS) is 17.0. The van der Waals surface area contributed by atoms with Crippen LogP contribution in [0.3, 0.4) is 0 Å². The van der Waals surface area contributed by atoms with E-state index in [2.05, 4.69) is 9.80 Å². The number of ether oxygens (including phenoxy) is 1. The van der Waals surface area contributed by atoms with Crippen LogP contribution in [0.4, 0.5) is 0 Å². The molecule has 2 rings (SSSR count). The second-order valence-electron chi connectivity index (χ2n) is 5.38. The van der Waals surface area contributed by atoms with E-state index in [0.717, 1.165) is 52.5 Å². The van der Waals surface area contributed by atoms with E-state index in [1.165, 1.54) is 5.56 Å². The molecule has 0 unspecified atom stereocenters. The summed E-state index contributed by atoms with van der Waals surface area (Å²) in [6, 6.07) is 7.58. The van der Waals surface area contributed by atoms with E-state index in [0.29, 0.717) is 5.56 Å². The fourth-order valence-electron chi connectivity index (χ4n) is 2.54. The fraction of sp³-hybridized carbons (Fsp3) is 0.562. The molecule has 1 aromatic rings. The highest BCUT2D eigenvalue weighted by molar-refractivity contribution is 5.92. The molecule has 0 spiro atoms. The number of carbonyl (C=O) groups is 1. The van der Waals surface area contributed by atoms with Crippen molar-refractivity contribution in [2.24, 2.45) is 5.73 Å². The predicted molar refractivity (Wildman–Crippen MR) is 83.2 cm³/mol. The monoisotopic (exact) mass is 291 g/mol. The van der Waals surface area contributed by atoms with Crippen LogP contribution in [-0.2, 0) is 11.3 Å². The molecule has 21 heavy (non-hydrogen) atoms. The number of primary amides is 1. The van der Waals surface area contributed by atoms with Crippen LogP contribution >= 0.6 is 0 Å². The molecule has 0 atom stereocenters. The summed E-state index contributed by atoms with van der Waals surface area (Å²) < 4.78 is 5.40. The summed E-state index contributed by atoms with van der Waals surface area (Å²) >= 11 is 0. The maximum atomic E-state index is 11.0. The number of benzene rings is 1. The average Bonchev–Trinajstić information content (AvgIpc) is 2.50. The van der Waals surface area contributed by atoms with Crippen molar-refractivity contribution in [3.63, 3.8) is 0 Å². The Morgan fingerprint density at radius 3 is 2.33 bits per heavy atom. The number of piperazine rings is 1. The molecule has 0 bridgehead atoms. The minimum atomic E-state index is -0.371. The standard InChI is InChI=1S/C16H25N3O2/c1-2-21-12-11-18-7-9-19(10-8-18)13-14-3-5-15(6-4-14)16(17)20/h3-6H,2,7-13H2,1H3,(H2,17,20). The summed E-state index contributed by atoms with van der Waals surface area (Å²) in [4.78, 5) is 15.9. The van der Waals surface area contributed by atoms with E-state index in [-0.39, 0.29) is 5.91 Å². The first-order chi connectivity index (χ1) is 10.2. The highest BCUT2D eigenvalue weighted by Crippen LogP contribution is 2.10. The molecule has 2 N–H and O–H groups in total. The Hall–Kier alpha value is -1.43. The van der Waals surface area contributed by atoms with Gasteiger partial charge in [0.25, 0.3) is 0 Å². The van der Waals surface area contributed by atoms with Crippen LogP contribution in [0.1, 0.15) is 22.8 Å². The molecule has 0 radical (unpaired) electrons. The Kier molecular flexibility index (Phi) is 6.17. The smallest absolute Gasteiger partial charge is 0.248 e. The van der Waals surface area contributed by atoms with Gasteiger partial charge in [0.1, 0.15) is 0 Å². The maximum Gasteiger partial charge on any atom is 0.248 e. The molecule has 1 aliphatic rings. The molecule has 1 amide bonds. The number of rotatable bonds is 7. The molecule has 0 aromatic heterocycles. The van der Waals surface area contributed by atoms with Crippen molar-refractivity contribution in [2.75, 3.05) is 45.9 Å². The lowest BCUT2D eigenvalue weighted by Gasteiger charge is -2.34. The topological polar surface area (TPSA) is 58.8 Å². The van der Waals surface area contributed by atoms with Gasteiger partial charge >= 0.3 is 0 Å². The molecule has 0 aliphatic carbocycles. The van der Waals surface area contributed by atoms with E-state index >= 15 is 0 Å². The number of nitrogens with two attached hydrogens (primary N) is 1. The van der Waals surface area contributed by atoms with Crippen molar-refractivity contribution in [3.05, 3.63) is 35.4 Å². The van der Waals surface area contributed by atoms with Gasteiger partial charge in [0, 0.05) is 51.4 Å². The Morgan fingerprint density at radius 2 is 1.76 bits per heavy atom. The SMILES string of the molecule is CCOCCN1CCN(Cc2ccc(C(N)=O)cc2)CC1. The minimum absolute atomic E-state index is 0.371. The lowest BCUT2D eigenvalue weighted by atomic mass is 10.1. The van der Waals surface area contributed by atoms with Gasteiger partial charge in [-0.3, -0.25) is 14.6 Å². The zero-order chi connectivity index (χ0) is 15.1. The van der Waals surface area contributed by atoms with Gasteiger partial charge in [-0.05, 0) is 24.6 Å². The lowest BCUT2D eigenvalue weighted by molar-refractivity contribution is 0.0786. The largest absolute Gasteiger partial charge is 0.380 e. The van der Waals surface area contributed by atoms with E-state index < -0.39 is 0 Å². The third-order valence-electron chi connectivity index (χ3n) is 3.87. The Balaban J connectivity index is 1.74. The van der Waals surface area contributed by atoms with Crippen LogP contribution in [0, 0.1) is 0 Å². The summed E-state index contributed by atoms with van der Waals surface area (Å²) in [5, 5.41) is 0. The summed E-state index contributed by atoms with van der Waals surface area (Å²) in [5.41, 5.74) is 7.04. The molecule has 1 heterocycles. The number of hydrogen-bond donors (Lipinski definition) is 1. The van der Waals surface area contributed by atoms with Gasteiger partial charge in [0.05, 0.1) is 6.61 Å².